The fourth-order valence-electron chi connectivity index (χ4n) is 20.8. The normalized spacial score (nSPS) is 18.8. The maximum atomic E-state index is 13.2. The molecule has 36 nitrogen and oxygen atoms in total. The van der Waals surface area contributed by atoms with Gasteiger partial charge in [0.15, 0.2) is 20.5 Å². The molecule has 0 saturated carbocycles. The number of ether oxygens (including phenoxy) is 3. The summed E-state index contributed by atoms with van der Waals surface area (Å²) in [6.07, 6.45) is 25.0. The lowest BCUT2D eigenvalue weighted by molar-refractivity contribution is 0.0974. The highest BCUT2D eigenvalue weighted by Gasteiger charge is 2.45. The minimum absolute atomic E-state index is 0.0674. The Hall–Kier alpha value is -14.0. The number of fused-ring (bicyclic) bond motifs is 4. The predicted molar refractivity (Wildman–Crippen MR) is 546 cm³/mol. The van der Waals surface area contributed by atoms with E-state index >= 15 is 0 Å². The van der Waals surface area contributed by atoms with Crippen molar-refractivity contribution in [3.8, 4) is 22.4 Å². The fourth-order valence-corrected chi connectivity index (χ4v) is 24.1. The van der Waals surface area contributed by atoms with E-state index in [2.05, 4.69) is 102 Å². The molecule has 9 aromatic heterocycles. The van der Waals surface area contributed by atoms with Gasteiger partial charge in [-0.15, -0.1) is 45.3 Å². The van der Waals surface area contributed by atoms with Crippen LogP contribution in [0.5, 0.6) is 17.2 Å². The molecule has 24 rings (SSSR count). The van der Waals surface area contributed by atoms with Crippen molar-refractivity contribution >= 4 is 159 Å². The highest BCUT2D eigenvalue weighted by molar-refractivity contribution is 7.15. The molecule has 40 heteroatoms. The molecule has 4 aromatic carbocycles. The summed E-state index contributed by atoms with van der Waals surface area (Å²) in [6, 6.07) is 31.9. The number of nitrogens with zero attached hydrogens (tertiary/aromatic N) is 17. The van der Waals surface area contributed by atoms with Gasteiger partial charge in [-0.3, -0.25) is 72.8 Å². The average molecular weight is 1980 g/mol. The Kier molecular flexibility index (Phi) is 26.2. The molecule has 1 unspecified atom stereocenters. The molecule has 20 heterocycles. The van der Waals surface area contributed by atoms with Gasteiger partial charge in [0.2, 0.25) is 0 Å². The number of benzene rings is 4. The van der Waals surface area contributed by atoms with Gasteiger partial charge < -0.3 is 76.3 Å². The van der Waals surface area contributed by atoms with Gasteiger partial charge in [-0.2, -0.15) is 0 Å². The molecular weight excluding hydrogens is 1870 g/mol. The molecule has 8 saturated heterocycles. The number of thiazole rings is 4. The molecule has 0 aliphatic carbocycles. The van der Waals surface area contributed by atoms with Crippen molar-refractivity contribution in [1.82, 2.24) is 70.3 Å². The van der Waals surface area contributed by atoms with Gasteiger partial charge in [0.25, 0.3) is 41.4 Å². The number of anilines is 11. The van der Waals surface area contributed by atoms with E-state index in [1.54, 1.807) is 137 Å². The van der Waals surface area contributed by atoms with Crippen molar-refractivity contribution in [3.63, 3.8) is 0 Å². The molecule has 8 N–H and O–H groups in total. The van der Waals surface area contributed by atoms with E-state index in [9.17, 15) is 38.4 Å². The minimum Gasteiger partial charge on any atom is -0.497 e. The Morgan fingerprint density at radius 1 is 0.376 bits per heavy atom. The van der Waals surface area contributed by atoms with Gasteiger partial charge in [-0.25, -0.2) is 29.3 Å². The number of rotatable bonds is 19. The van der Waals surface area contributed by atoms with Crippen LogP contribution in [0, 0.1) is 21.7 Å². The van der Waals surface area contributed by atoms with Crippen LogP contribution in [0.15, 0.2) is 179 Å². The molecule has 11 aliphatic rings. The quantitative estimate of drug-likeness (QED) is 0.0373. The Bertz CT molecular complexity index is 7000. The molecule has 141 heavy (non-hydrogen) atoms. The lowest BCUT2D eigenvalue weighted by atomic mass is 9.73. The summed E-state index contributed by atoms with van der Waals surface area (Å²) in [5.41, 5.74) is 15.4. The number of piperidine rings is 4. The third-order valence-electron chi connectivity index (χ3n) is 29.4. The third-order valence-corrected chi connectivity index (χ3v) is 32.8. The number of amides is 7. The Labute approximate surface area is 828 Å². The largest absolute Gasteiger partial charge is 0.497 e. The second-order valence-electron chi connectivity index (χ2n) is 37.9. The first kappa shape index (κ1) is 93.3. The van der Waals surface area contributed by atoms with Crippen LogP contribution in [0.3, 0.4) is 0 Å². The molecule has 11 aliphatic heterocycles. The minimum atomic E-state index is -0.335. The number of nitrogens with one attached hydrogen (secondary N) is 8. The SMILES string of the molecule is COc1ccc2c(c1)C(=O)N(c1nc(C(=O)Nc3cnccc3N3CCC4(CC3)CNC4)cs1)C2.COc1ccc2c(c1)C(=O)N(c1nc(C(=O)Nc3cnccc3N3CCCC4(CCNC4)C3)cs1)C2.COc1ccc2c(c1)n(C)c(=O)n2-c1nc(C(=O)Nc2cnccc2N2CCC3(CC2)CNC3)cs1.O=C(Nc1cnccc1N1CCC2(CC1)CNC2)c1csc(N2CCc3ccccc3C2=O)n1. The molecule has 0 bridgehead atoms. The van der Waals surface area contributed by atoms with E-state index in [1.807, 2.05) is 84.9 Å². The highest BCUT2D eigenvalue weighted by Crippen LogP contribution is 2.46. The van der Waals surface area contributed by atoms with Gasteiger partial charge in [-0.05, 0) is 170 Å². The summed E-state index contributed by atoms with van der Waals surface area (Å²) in [4.78, 5) is 153. The molecule has 0 radical (unpaired) electrons. The first-order valence-corrected chi connectivity index (χ1v) is 51.0. The Morgan fingerprint density at radius 2 is 0.759 bits per heavy atom. The van der Waals surface area contributed by atoms with Crippen LogP contribution >= 0.6 is 45.3 Å². The molecule has 1 atom stereocenters. The number of hydrogen-bond donors (Lipinski definition) is 8. The van der Waals surface area contributed by atoms with Crippen molar-refractivity contribution in [2.45, 2.75) is 77.3 Å². The van der Waals surface area contributed by atoms with Crippen molar-refractivity contribution in [2.24, 2.45) is 28.7 Å². The number of imidazole rings is 1. The molecule has 8 fully saturated rings. The zero-order valence-electron chi connectivity index (χ0n) is 78.5. The summed E-state index contributed by atoms with van der Waals surface area (Å²) in [6.45, 7) is 17.8. The van der Waals surface area contributed by atoms with Crippen molar-refractivity contribution in [3.05, 3.63) is 241 Å². The first-order valence-electron chi connectivity index (χ1n) is 47.5. The Morgan fingerprint density at radius 3 is 1.17 bits per heavy atom. The standard InChI is InChI=1S/C26H28N6O3S.C25H27N7O3S.C25H26N6O3S.C25H26N6O2S/c1-35-18-4-3-17-13-32(24(34)19(17)11-18)25-30-21(14-36-25)23(33)29-20-12-27-8-5-22(20)31-10-2-6-26(16-31)7-9-28-15-26;1-30-21-11-16(35-2)3-4-20(21)32(24(30)34)23-29-18(13-36-23)22(33)28-17-12-26-8-5-19(17)31-9-6-25(7-10-31)14-27-15-25;1-34-17-3-2-16-12-31(23(33)18(16)10-17)24-29-20(13-35-24)22(32)28-19-11-26-7-4-21(19)30-8-5-25(6-9-30)14-27-15-25;32-22(20-14-34-24(29-20)31-10-6-17-3-1-2-4-18(17)23(31)33)28-19-13-26-9-5-21(19)30-11-7-25(8-12-30)15-27-16-25/h3-5,8,11-12,14,28H,2,6-7,9-10,13,15-16H2,1H3,(H,29,33);3-5,8,11-13,27H,6-7,9-10,14-15H2,1-2H3,(H,28,33);2-4,7,10-11,13,27H,5-6,8-9,12,14-15H2,1H3,(H,28,32);1-5,9,13-14,27H,6-8,10-12,15-16H2,(H,28,32). The van der Waals surface area contributed by atoms with E-state index in [1.165, 1.54) is 62.8 Å². The van der Waals surface area contributed by atoms with E-state index in [-0.39, 0.29) is 64.1 Å². The smallest absolute Gasteiger partial charge is 0.335 e. The maximum absolute atomic E-state index is 13.2. The van der Waals surface area contributed by atoms with E-state index in [0.717, 1.165) is 201 Å². The summed E-state index contributed by atoms with van der Waals surface area (Å²) in [5, 5.41) is 34.4. The van der Waals surface area contributed by atoms with Gasteiger partial charge in [-0.1, -0.05) is 30.3 Å². The third kappa shape index (κ3) is 18.9. The number of pyridine rings is 4. The summed E-state index contributed by atoms with van der Waals surface area (Å²) < 4.78 is 18.9. The maximum Gasteiger partial charge on any atom is 0.335 e. The predicted octanol–water partition coefficient (Wildman–Crippen LogP) is 12.5. The summed E-state index contributed by atoms with van der Waals surface area (Å²) >= 11 is 5.13. The summed E-state index contributed by atoms with van der Waals surface area (Å²) in [7, 11) is 6.44. The van der Waals surface area contributed by atoms with E-state index in [4.69, 9.17) is 14.2 Å². The zero-order chi connectivity index (χ0) is 96.7. The van der Waals surface area contributed by atoms with E-state index < -0.39 is 0 Å². The number of methoxy groups -OCH3 is 3. The van der Waals surface area contributed by atoms with E-state index in [0.29, 0.717) is 130 Å². The lowest BCUT2D eigenvalue weighted by Crippen LogP contribution is -2.58. The topological polar surface area (TPSA) is 396 Å². The van der Waals surface area contributed by atoms with Crippen molar-refractivity contribution in [1.29, 1.82) is 0 Å². The Balaban J connectivity index is 0.000000111. The molecule has 4 spiro atoms. The van der Waals surface area contributed by atoms with Crippen LogP contribution < -0.4 is 96.7 Å². The number of aryl methyl sites for hydroxylation is 1. The molecule has 726 valence electrons. The van der Waals surface area contributed by atoms with Gasteiger partial charge >= 0.3 is 5.69 Å². The molecule has 13 aromatic rings. The monoisotopic (exact) mass is 1970 g/mol. The van der Waals surface area contributed by atoms with Gasteiger partial charge in [0.05, 0.1) is 116 Å². The fraction of sp³-hybridized carbons (Fsp3) is 0.366. The van der Waals surface area contributed by atoms with Crippen LogP contribution in [0.1, 0.15) is 148 Å². The number of aromatic nitrogens is 10. The van der Waals surface area contributed by atoms with Crippen molar-refractivity contribution in [2.75, 3.05) is 188 Å². The number of carbonyl (C=O) groups excluding carboxylic acids is 7. The van der Waals surface area contributed by atoms with Crippen LogP contribution in [0.4, 0.5) is 60.9 Å². The summed E-state index contributed by atoms with van der Waals surface area (Å²) in [5.74, 6) is 0.335. The highest BCUT2D eigenvalue weighted by atomic mass is 32.1. The average Bonchev–Trinajstić information content (AvgIpc) is 1.62. The zero-order valence-corrected chi connectivity index (χ0v) is 81.7. The van der Waals surface area contributed by atoms with Gasteiger partial charge in [0, 0.05) is 186 Å². The van der Waals surface area contributed by atoms with Gasteiger partial charge in [0.1, 0.15) is 40.0 Å². The lowest BCUT2D eigenvalue weighted by Gasteiger charge is -2.49. The second-order valence-corrected chi connectivity index (χ2v) is 41.2. The molecule has 7 amide bonds. The van der Waals surface area contributed by atoms with Crippen LogP contribution in [0.25, 0.3) is 16.2 Å². The van der Waals surface area contributed by atoms with Crippen LogP contribution in [-0.4, -0.2) is 223 Å². The molecular formula is C101H107N25O11S4. The second kappa shape index (κ2) is 39.6. The first-order chi connectivity index (χ1) is 68.7. The van der Waals surface area contributed by atoms with Crippen LogP contribution in [-0.2, 0) is 26.6 Å². The van der Waals surface area contributed by atoms with Crippen LogP contribution in [0.2, 0.25) is 0 Å². The van der Waals surface area contributed by atoms with Crippen molar-refractivity contribution < 1.29 is 47.8 Å². The number of carbonyl (C=O) groups is 7. The number of hydrogen-bond acceptors (Lipinski definition) is 31.